The van der Waals surface area contributed by atoms with Crippen LogP contribution in [0.25, 0.3) is 21.3 Å². The Bertz CT molecular complexity index is 853. The summed E-state index contributed by atoms with van der Waals surface area (Å²) in [6.45, 7) is 4.25. The molecule has 0 atom stereocenters. The second kappa shape index (κ2) is 6.67. The van der Waals surface area contributed by atoms with Crippen molar-refractivity contribution in [2.75, 3.05) is 18.4 Å². The molecule has 1 fully saturated rings. The fraction of sp³-hybridized carbons (Fsp3) is 0.333. The van der Waals surface area contributed by atoms with Crippen LogP contribution in [0, 0.1) is 6.92 Å². The molecule has 2 N–H and O–H groups in total. The van der Waals surface area contributed by atoms with Crippen LogP contribution >= 0.6 is 22.9 Å². The predicted molar refractivity (Wildman–Crippen MR) is 102 cm³/mol. The van der Waals surface area contributed by atoms with E-state index < -0.39 is 0 Å². The first-order chi connectivity index (χ1) is 11.7. The Morgan fingerprint density at radius 1 is 1.17 bits per heavy atom. The molecule has 2 aromatic heterocycles. The van der Waals surface area contributed by atoms with E-state index >= 15 is 0 Å². The van der Waals surface area contributed by atoms with E-state index in [0.717, 1.165) is 52.6 Å². The molecule has 1 aliphatic rings. The minimum Gasteiger partial charge on any atom is -0.367 e. The highest BCUT2D eigenvalue weighted by Gasteiger charge is 2.19. The van der Waals surface area contributed by atoms with Gasteiger partial charge in [0.1, 0.15) is 17.0 Å². The van der Waals surface area contributed by atoms with Gasteiger partial charge in [0.25, 0.3) is 0 Å². The van der Waals surface area contributed by atoms with E-state index in [0.29, 0.717) is 6.04 Å². The van der Waals surface area contributed by atoms with E-state index in [1.807, 2.05) is 12.1 Å². The molecule has 24 heavy (non-hydrogen) atoms. The van der Waals surface area contributed by atoms with Crippen LogP contribution < -0.4 is 10.6 Å². The molecule has 0 aliphatic carbocycles. The SMILES string of the molecule is Cc1sc2ncnc(NC3CCNCC3)c2c1-c1ccc(Cl)cc1. The highest BCUT2D eigenvalue weighted by Crippen LogP contribution is 2.40. The number of hydrogen-bond donors (Lipinski definition) is 2. The third kappa shape index (κ3) is 2.99. The Labute approximate surface area is 150 Å². The maximum atomic E-state index is 6.05. The fourth-order valence-corrected chi connectivity index (χ4v) is 4.42. The van der Waals surface area contributed by atoms with Crippen LogP contribution in [0.15, 0.2) is 30.6 Å². The van der Waals surface area contributed by atoms with Crippen LogP contribution in [-0.4, -0.2) is 29.1 Å². The smallest absolute Gasteiger partial charge is 0.139 e. The summed E-state index contributed by atoms with van der Waals surface area (Å²) in [7, 11) is 0. The highest BCUT2D eigenvalue weighted by molar-refractivity contribution is 7.19. The number of hydrogen-bond acceptors (Lipinski definition) is 5. The summed E-state index contributed by atoms with van der Waals surface area (Å²) >= 11 is 7.77. The number of rotatable bonds is 3. The first-order valence-electron chi connectivity index (χ1n) is 8.19. The van der Waals surface area contributed by atoms with Crippen LogP contribution in [0.1, 0.15) is 17.7 Å². The van der Waals surface area contributed by atoms with Crippen LogP contribution in [0.4, 0.5) is 5.82 Å². The van der Waals surface area contributed by atoms with Crippen molar-refractivity contribution in [3.05, 3.63) is 40.5 Å². The number of nitrogens with one attached hydrogen (secondary N) is 2. The average molecular weight is 359 g/mol. The van der Waals surface area contributed by atoms with Gasteiger partial charge in [-0.3, -0.25) is 0 Å². The van der Waals surface area contributed by atoms with E-state index in [9.17, 15) is 0 Å². The summed E-state index contributed by atoms with van der Waals surface area (Å²) in [5.74, 6) is 0.946. The number of nitrogens with zero attached hydrogens (tertiary/aromatic N) is 2. The van der Waals surface area contributed by atoms with Gasteiger partial charge in [-0.05, 0) is 50.6 Å². The molecule has 3 aromatic rings. The van der Waals surface area contributed by atoms with Gasteiger partial charge in [-0.1, -0.05) is 23.7 Å². The zero-order valence-corrected chi connectivity index (χ0v) is 15.0. The van der Waals surface area contributed by atoms with Gasteiger partial charge in [-0.2, -0.15) is 0 Å². The van der Waals surface area contributed by atoms with Gasteiger partial charge in [-0.25, -0.2) is 9.97 Å². The second-order valence-electron chi connectivity index (χ2n) is 6.11. The normalized spacial score (nSPS) is 15.8. The quantitative estimate of drug-likeness (QED) is 0.724. The van der Waals surface area contributed by atoms with Gasteiger partial charge in [-0.15, -0.1) is 11.3 Å². The van der Waals surface area contributed by atoms with Gasteiger partial charge in [0.05, 0.1) is 5.39 Å². The first-order valence-corrected chi connectivity index (χ1v) is 9.39. The molecule has 6 heteroatoms. The molecule has 1 saturated heterocycles. The minimum absolute atomic E-state index is 0.461. The van der Waals surface area contributed by atoms with Crippen molar-refractivity contribution in [2.45, 2.75) is 25.8 Å². The third-order valence-corrected chi connectivity index (χ3v) is 5.74. The van der Waals surface area contributed by atoms with Gasteiger partial charge >= 0.3 is 0 Å². The number of thiophene rings is 1. The molecule has 124 valence electrons. The van der Waals surface area contributed by atoms with Crippen molar-refractivity contribution in [3.63, 3.8) is 0 Å². The van der Waals surface area contributed by atoms with Crippen molar-refractivity contribution >= 4 is 39.0 Å². The number of aromatic nitrogens is 2. The number of anilines is 1. The summed E-state index contributed by atoms with van der Waals surface area (Å²) in [5, 5.41) is 8.93. The highest BCUT2D eigenvalue weighted by atomic mass is 35.5. The number of piperidine rings is 1. The largest absolute Gasteiger partial charge is 0.367 e. The number of aryl methyl sites for hydroxylation is 1. The van der Waals surface area contributed by atoms with E-state index in [4.69, 9.17) is 11.6 Å². The zero-order valence-electron chi connectivity index (χ0n) is 13.5. The van der Waals surface area contributed by atoms with Crippen molar-refractivity contribution in [1.82, 2.24) is 15.3 Å². The Hall–Kier alpha value is -1.69. The third-order valence-electron chi connectivity index (χ3n) is 4.48. The van der Waals surface area contributed by atoms with Crippen molar-refractivity contribution in [2.24, 2.45) is 0 Å². The summed E-state index contributed by atoms with van der Waals surface area (Å²) in [5.41, 5.74) is 2.37. The lowest BCUT2D eigenvalue weighted by Gasteiger charge is -2.24. The number of benzene rings is 1. The van der Waals surface area contributed by atoms with Crippen LogP contribution in [-0.2, 0) is 0 Å². The first kappa shape index (κ1) is 15.8. The lowest BCUT2D eigenvalue weighted by molar-refractivity contribution is 0.478. The van der Waals surface area contributed by atoms with Crippen molar-refractivity contribution in [1.29, 1.82) is 0 Å². The van der Waals surface area contributed by atoms with Crippen LogP contribution in [0.2, 0.25) is 5.02 Å². The molecule has 1 aromatic carbocycles. The lowest BCUT2D eigenvalue weighted by atomic mass is 10.0. The van der Waals surface area contributed by atoms with Gasteiger partial charge < -0.3 is 10.6 Å². The Kier molecular flexibility index (Phi) is 4.39. The van der Waals surface area contributed by atoms with Crippen molar-refractivity contribution in [3.8, 4) is 11.1 Å². The summed E-state index contributed by atoms with van der Waals surface area (Å²) in [6.07, 6.45) is 3.89. The molecule has 1 aliphatic heterocycles. The molecule has 3 heterocycles. The van der Waals surface area contributed by atoms with Gasteiger partial charge in [0, 0.05) is 21.5 Å². The van der Waals surface area contributed by atoms with E-state index in [1.165, 1.54) is 10.4 Å². The predicted octanol–water partition coefficient (Wildman–Crippen LogP) is 4.48. The van der Waals surface area contributed by atoms with Crippen molar-refractivity contribution < 1.29 is 0 Å². The molecule has 0 amide bonds. The fourth-order valence-electron chi connectivity index (χ4n) is 3.28. The van der Waals surface area contributed by atoms with Crippen LogP contribution in [0.3, 0.4) is 0 Å². The Morgan fingerprint density at radius 2 is 1.92 bits per heavy atom. The number of fused-ring (bicyclic) bond motifs is 1. The maximum absolute atomic E-state index is 6.05. The molecular weight excluding hydrogens is 340 g/mol. The summed E-state index contributed by atoms with van der Waals surface area (Å²) < 4.78 is 0. The van der Waals surface area contributed by atoms with E-state index in [-0.39, 0.29) is 0 Å². The molecule has 0 spiro atoms. The summed E-state index contributed by atoms with van der Waals surface area (Å²) in [4.78, 5) is 11.3. The molecule has 4 nitrogen and oxygen atoms in total. The number of halogens is 1. The van der Waals surface area contributed by atoms with E-state index in [2.05, 4.69) is 39.7 Å². The van der Waals surface area contributed by atoms with Gasteiger partial charge in [0.2, 0.25) is 0 Å². The molecule has 4 rings (SSSR count). The standard InChI is InChI=1S/C18H19ClN4S/c1-11-15(12-2-4-13(19)5-3-12)16-17(21-10-22-18(16)24-11)23-14-6-8-20-9-7-14/h2-5,10,14,20H,6-9H2,1H3,(H,21,22,23). The second-order valence-corrected chi connectivity index (χ2v) is 7.75. The topological polar surface area (TPSA) is 49.8 Å². The Balaban J connectivity index is 1.81. The maximum Gasteiger partial charge on any atom is 0.139 e. The molecule has 0 bridgehead atoms. The zero-order chi connectivity index (χ0) is 16.5. The van der Waals surface area contributed by atoms with E-state index in [1.54, 1.807) is 17.7 Å². The monoisotopic (exact) mass is 358 g/mol. The average Bonchev–Trinajstić information content (AvgIpc) is 2.94. The molecule has 0 unspecified atom stereocenters. The van der Waals surface area contributed by atoms with Gasteiger partial charge in [0.15, 0.2) is 0 Å². The minimum atomic E-state index is 0.461. The lowest BCUT2D eigenvalue weighted by Crippen LogP contribution is -2.35. The summed E-state index contributed by atoms with van der Waals surface area (Å²) in [6, 6.07) is 8.46. The molecule has 0 saturated carbocycles. The van der Waals surface area contributed by atoms with Crippen LogP contribution in [0.5, 0.6) is 0 Å². The Morgan fingerprint density at radius 3 is 2.67 bits per heavy atom. The molecular formula is C18H19ClN4S. The molecule has 0 radical (unpaired) electrons.